The molecule has 0 unspecified atom stereocenters. The third-order valence-electron chi connectivity index (χ3n) is 5.14. The number of hydrogen-bond donors (Lipinski definition) is 1. The summed E-state index contributed by atoms with van der Waals surface area (Å²) >= 11 is 0. The van der Waals surface area contributed by atoms with Crippen LogP contribution in [0.1, 0.15) is 31.0 Å². The largest absolute Gasteiger partial charge is 0.358 e. The van der Waals surface area contributed by atoms with Crippen LogP contribution in [0.25, 0.3) is 11.3 Å². The molecule has 0 spiro atoms. The first-order valence-corrected chi connectivity index (χ1v) is 9.28. The lowest BCUT2D eigenvalue weighted by atomic mass is 10.0. The van der Waals surface area contributed by atoms with E-state index in [1.54, 1.807) is 6.20 Å². The minimum absolute atomic E-state index is 0.241. The van der Waals surface area contributed by atoms with Gasteiger partial charge in [0.05, 0.1) is 12.4 Å². The minimum Gasteiger partial charge on any atom is -0.358 e. The summed E-state index contributed by atoms with van der Waals surface area (Å²) in [5.41, 5.74) is 3.39. The average Bonchev–Trinajstić information content (AvgIpc) is 3.39. The molecular weight excluding hydrogens is 324 g/mol. The van der Waals surface area contributed by atoms with Crippen LogP contribution in [0.4, 0.5) is 0 Å². The van der Waals surface area contributed by atoms with Gasteiger partial charge in [0.15, 0.2) is 0 Å². The minimum atomic E-state index is 0.241. The van der Waals surface area contributed by atoms with Gasteiger partial charge in [-0.3, -0.25) is 4.79 Å². The molecule has 3 aromatic rings. The predicted molar refractivity (Wildman–Crippen MR) is 102 cm³/mol. The van der Waals surface area contributed by atoms with Crippen molar-refractivity contribution in [1.29, 1.82) is 0 Å². The van der Waals surface area contributed by atoms with Gasteiger partial charge in [-0.1, -0.05) is 30.3 Å². The maximum atomic E-state index is 12.7. The van der Waals surface area contributed by atoms with E-state index < -0.39 is 0 Å². The fourth-order valence-corrected chi connectivity index (χ4v) is 3.68. The van der Waals surface area contributed by atoms with E-state index in [0.29, 0.717) is 12.5 Å². The molecule has 5 nitrogen and oxygen atoms in total. The average molecular weight is 348 g/mol. The number of benzene rings is 1. The number of nitrogens with zero attached hydrogens (tertiary/aromatic N) is 3. The van der Waals surface area contributed by atoms with E-state index >= 15 is 0 Å². The van der Waals surface area contributed by atoms with Crippen LogP contribution in [-0.2, 0) is 11.2 Å². The summed E-state index contributed by atoms with van der Waals surface area (Å²) in [6, 6.07) is 14.8. The SMILES string of the molecule is O=C(CCc1ccc(-c2ccccc2)[nH]1)N1CCC[C@@H](n2ccnc2)C1. The van der Waals surface area contributed by atoms with E-state index in [2.05, 4.69) is 38.8 Å². The van der Waals surface area contributed by atoms with E-state index in [1.165, 1.54) is 5.56 Å². The molecular formula is C21H24N4O. The second-order valence-corrected chi connectivity index (χ2v) is 6.91. The Bertz CT molecular complexity index is 838. The molecule has 4 rings (SSSR count). The van der Waals surface area contributed by atoms with Gasteiger partial charge in [0.2, 0.25) is 5.91 Å². The zero-order valence-electron chi connectivity index (χ0n) is 14.8. The summed E-state index contributed by atoms with van der Waals surface area (Å²) in [6.07, 6.45) is 9.09. The van der Waals surface area contributed by atoms with Crippen LogP contribution in [0.5, 0.6) is 0 Å². The van der Waals surface area contributed by atoms with Gasteiger partial charge in [-0.2, -0.15) is 0 Å². The number of likely N-dealkylation sites (tertiary alicyclic amines) is 1. The number of carbonyl (C=O) groups excluding carboxylic acids is 1. The zero-order chi connectivity index (χ0) is 17.8. The topological polar surface area (TPSA) is 53.9 Å². The van der Waals surface area contributed by atoms with Crippen molar-refractivity contribution < 1.29 is 4.79 Å². The van der Waals surface area contributed by atoms with Gasteiger partial charge in [-0.05, 0) is 37.0 Å². The Morgan fingerprint density at radius 1 is 1.19 bits per heavy atom. The molecule has 1 fully saturated rings. The molecule has 0 saturated carbocycles. The summed E-state index contributed by atoms with van der Waals surface area (Å²) in [7, 11) is 0. The molecule has 26 heavy (non-hydrogen) atoms. The molecule has 1 saturated heterocycles. The van der Waals surface area contributed by atoms with Crippen molar-refractivity contribution in [3.63, 3.8) is 0 Å². The third-order valence-corrected chi connectivity index (χ3v) is 5.14. The fourth-order valence-electron chi connectivity index (χ4n) is 3.68. The van der Waals surface area contributed by atoms with Gasteiger partial charge < -0.3 is 14.5 Å². The van der Waals surface area contributed by atoms with Gasteiger partial charge in [0, 0.05) is 43.3 Å². The van der Waals surface area contributed by atoms with Crippen molar-refractivity contribution in [1.82, 2.24) is 19.4 Å². The molecule has 0 radical (unpaired) electrons. The lowest BCUT2D eigenvalue weighted by Crippen LogP contribution is -2.40. The molecule has 0 aliphatic carbocycles. The molecule has 5 heteroatoms. The number of aryl methyl sites for hydroxylation is 1. The highest BCUT2D eigenvalue weighted by Crippen LogP contribution is 2.22. The van der Waals surface area contributed by atoms with Crippen LogP contribution < -0.4 is 0 Å². The van der Waals surface area contributed by atoms with Crippen LogP contribution in [0.3, 0.4) is 0 Å². The van der Waals surface area contributed by atoms with E-state index in [-0.39, 0.29) is 5.91 Å². The van der Waals surface area contributed by atoms with Gasteiger partial charge in [0.1, 0.15) is 0 Å². The number of H-pyrrole nitrogens is 1. The van der Waals surface area contributed by atoms with E-state index in [0.717, 1.165) is 43.7 Å². The quantitative estimate of drug-likeness (QED) is 0.765. The first-order valence-electron chi connectivity index (χ1n) is 9.28. The highest BCUT2D eigenvalue weighted by atomic mass is 16.2. The second kappa shape index (κ2) is 7.60. The lowest BCUT2D eigenvalue weighted by molar-refractivity contribution is -0.132. The van der Waals surface area contributed by atoms with E-state index in [1.807, 2.05) is 35.6 Å². The number of carbonyl (C=O) groups is 1. The number of aromatic nitrogens is 3. The van der Waals surface area contributed by atoms with E-state index in [9.17, 15) is 4.79 Å². The fraction of sp³-hybridized carbons (Fsp3) is 0.333. The summed E-state index contributed by atoms with van der Waals surface area (Å²) in [5.74, 6) is 0.241. The monoisotopic (exact) mass is 348 g/mol. The van der Waals surface area contributed by atoms with Gasteiger partial charge in [-0.25, -0.2) is 4.98 Å². The Balaban J connectivity index is 1.33. The summed E-state index contributed by atoms with van der Waals surface area (Å²) in [4.78, 5) is 22.2. The number of nitrogens with one attached hydrogen (secondary N) is 1. The maximum absolute atomic E-state index is 12.7. The van der Waals surface area contributed by atoms with Gasteiger partial charge in [-0.15, -0.1) is 0 Å². The Hall–Kier alpha value is -2.82. The van der Waals surface area contributed by atoms with Crippen molar-refractivity contribution in [2.45, 2.75) is 31.7 Å². The van der Waals surface area contributed by atoms with Crippen LogP contribution in [0, 0.1) is 0 Å². The van der Waals surface area contributed by atoms with Crippen LogP contribution in [0.15, 0.2) is 61.2 Å². The Labute approximate surface area is 153 Å². The molecule has 1 atom stereocenters. The molecule has 1 amide bonds. The summed E-state index contributed by atoms with van der Waals surface area (Å²) in [6.45, 7) is 1.65. The van der Waals surface area contributed by atoms with Crippen molar-refractivity contribution in [2.24, 2.45) is 0 Å². The summed E-state index contributed by atoms with van der Waals surface area (Å²) < 4.78 is 2.12. The van der Waals surface area contributed by atoms with Crippen molar-refractivity contribution in [2.75, 3.05) is 13.1 Å². The number of amides is 1. The van der Waals surface area contributed by atoms with Crippen molar-refractivity contribution >= 4 is 5.91 Å². The predicted octanol–water partition coefficient (Wildman–Crippen LogP) is 3.67. The number of aromatic amines is 1. The Morgan fingerprint density at radius 3 is 2.88 bits per heavy atom. The highest BCUT2D eigenvalue weighted by Gasteiger charge is 2.24. The number of hydrogen-bond acceptors (Lipinski definition) is 2. The Kier molecular flexibility index (Phi) is 4.86. The highest BCUT2D eigenvalue weighted by molar-refractivity contribution is 5.76. The van der Waals surface area contributed by atoms with Gasteiger partial charge in [0.25, 0.3) is 0 Å². The molecule has 1 N–H and O–H groups in total. The van der Waals surface area contributed by atoms with Crippen LogP contribution in [0.2, 0.25) is 0 Å². The molecule has 134 valence electrons. The summed E-state index contributed by atoms with van der Waals surface area (Å²) in [5, 5.41) is 0. The zero-order valence-corrected chi connectivity index (χ0v) is 14.8. The van der Waals surface area contributed by atoms with Crippen LogP contribution >= 0.6 is 0 Å². The number of piperidine rings is 1. The van der Waals surface area contributed by atoms with Gasteiger partial charge >= 0.3 is 0 Å². The molecule has 1 aliphatic rings. The number of rotatable bonds is 5. The number of imidazole rings is 1. The third kappa shape index (κ3) is 3.72. The van der Waals surface area contributed by atoms with Crippen LogP contribution in [-0.4, -0.2) is 38.4 Å². The molecule has 1 aromatic carbocycles. The molecule has 0 bridgehead atoms. The lowest BCUT2D eigenvalue weighted by Gasteiger charge is -2.33. The molecule has 3 heterocycles. The molecule has 1 aliphatic heterocycles. The van der Waals surface area contributed by atoms with Crippen molar-refractivity contribution in [3.8, 4) is 11.3 Å². The first kappa shape index (κ1) is 16.6. The Morgan fingerprint density at radius 2 is 2.08 bits per heavy atom. The first-order chi connectivity index (χ1) is 12.8. The standard InChI is InChI=1S/C21H24N4O/c26-21(24-13-4-7-19(15-24)25-14-12-22-16-25)11-9-18-8-10-20(23-18)17-5-2-1-3-6-17/h1-3,5-6,8,10,12,14,16,19,23H,4,7,9,11,13,15H2/t19-/m1/s1. The second-order valence-electron chi connectivity index (χ2n) is 6.91. The maximum Gasteiger partial charge on any atom is 0.223 e. The normalized spacial score (nSPS) is 17.4. The van der Waals surface area contributed by atoms with E-state index in [4.69, 9.17) is 0 Å². The smallest absolute Gasteiger partial charge is 0.223 e. The van der Waals surface area contributed by atoms with Crippen molar-refractivity contribution in [3.05, 3.63) is 66.9 Å². The molecule has 2 aromatic heterocycles.